The van der Waals surface area contributed by atoms with Gasteiger partial charge in [0.25, 0.3) is 0 Å². The number of allylic oxidation sites excluding steroid dienone is 3. The quantitative estimate of drug-likeness (QED) is 0.128. The van der Waals surface area contributed by atoms with Crippen LogP contribution in [0.1, 0.15) is 56.4 Å². The van der Waals surface area contributed by atoms with E-state index < -0.39 is 0 Å². The molecule has 6 aromatic heterocycles. The minimum atomic E-state index is 1.24. The van der Waals surface area contributed by atoms with Gasteiger partial charge in [-0.25, -0.2) is 0 Å². The summed E-state index contributed by atoms with van der Waals surface area (Å²) in [7, 11) is 0. The molecule has 1 fully saturated rings. The SMILES string of the molecule is Cc1ccc([C+](c2ccc(C)cc2)c2ccc(C(=C3C(=C(c4cccs4)c4cccs4)C3=C(c3cccs3)c3cccs3)c3cccs3)s2)cc1. The van der Waals surface area contributed by atoms with Crippen molar-refractivity contribution >= 4 is 84.7 Å². The summed E-state index contributed by atoms with van der Waals surface area (Å²) >= 11 is 11.1. The van der Waals surface area contributed by atoms with Gasteiger partial charge in [0.1, 0.15) is 0 Å². The van der Waals surface area contributed by atoms with Gasteiger partial charge in [0, 0.05) is 68.8 Å². The Hall–Kier alpha value is -4.27. The van der Waals surface area contributed by atoms with Crippen LogP contribution in [0.5, 0.6) is 0 Å². The average Bonchev–Trinajstić information content (AvgIpc) is 3.95. The topological polar surface area (TPSA) is 0 Å². The average molecular weight is 764 g/mol. The normalized spacial score (nSPS) is 12.4. The Morgan fingerprint density at radius 3 is 1.02 bits per heavy atom. The largest absolute Gasteiger partial charge is 0.144 e. The van der Waals surface area contributed by atoms with Gasteiger partial charge in [-0.15, -0.1) is 68.0 Å². The van der Waals surface area contributed by atoms with Crippen molar-refractivity contribution in [2.45, 2.75) is 13.8 Å². The van der Waals surface area contributed by atoms with Gasteiger partial charge in [-0.1, -0.05) is 30.3 Å². The van der Waals surface area contributed by atoms with Crippen LogP contribution in [0.4, 0.5) is 0 Å². The molecule has 0 amide bonds. The predicted molar refractivity (Wildman–Crippen MR) is 227 cm³/mol. The maximum atomic E-state index is 2.36. The molecule has 51 heavy (non-hydrogen) atoms. The summed E-state index contributed by atoms with van der Waals surface area (Å²) in [6.07, 6.45) is 0. The molecule has 9 rings (SSSR count). The Kier molecular flexibility index (Phi) is 8.98. The summed E-state index contributed by atoms with van der Waals surface area (Å²) in [5.74, 6) is 1.28. The Morgan fingerprint density at radius 1 is 0.373 bits per heavy atom. The molecule has 6 heteroatoms. The van der Waals surface area contributed by atoms with E-state index in [2.05, 4.69) is 162 Å². The van der Waals surface area contributed by atoms with Crippen molar-refractivity contribution in [2.24, 2.45) is 0 Å². The Bertz CT molecular complexity index is 2270. The van der Waals surface area contributed by atoms with E-state index in [1.165, 1.54) is 95.8 Å². The molecule has 0 atom stereocenters. The maximum absolute atomic E-state index is 2.36. The first-order chi connectivity index (χ1) is 25.1. The summed E-state index contributed by atoms with van der Waals surface area (Å²) in [5.41, 5.74) is 13.1. The Balaban J connectivity index is 1.33. The zero-order chi connectivity index (χ0) is 34.3. The van der Waals surface area contributed by atoms with Crippen LogP contribution in [0.25, 0.3) is 16.7 Å². The summed E-state index contributed by atoms with van der Waals surface area (Å²) in [4.78, 5) is 9.10. The molecule has 2 aromatic carbocycles. The van der Waals surface area contributed by atoms with E-state index in [1.54, 1.807) is 0 Å². The second-order valence-corrected chi connectivity index (χ2v) is 18.2. The fourth-order valence-corrected chi connectivity index (χ4v) is 12.0. The highest BCUT2D eigenvalue weighted by molar-refractivity contribution is 7.16. The molecule has 0 radical (unpaired) electrons. The first kappa shape index (κ1) is 32.6. The summed E-state index contributed by atoms with van der Waals surface area (Å²) in [5, 5.41) is 11.0. The monoisotopic (exact) mass is 763 g/mol. The van der Waals surface area contributed by atoms with E-state index in [9.17, 15) is 0 Å². The van der Waals surface area contributed by atoms with Crippen LogP contribution >= 0.6 is 68.0 Å². The van der Waals surface area contributed by atoms with E-state index in [-0.39, 0.29) is 0 Å². The van der Waals surface area contributed by atoms with Gasteiger partial charge in [0.2, 0.25) is 0 Å². The third kappa shape index (κ3) is 6.31. The number of hydrogen-bond acceptors (Lipinski definition) is 6. The smallest absolute Gasteiger partial charge is 0.0919 e. The highest BCUT2D eigenvalue weighted by atomic mass is 32.1. The van der Waals surface area contributed by atoms with Gasteiger partial charge in [0.05, 0.1) is 21.9 Å². The number of aryl methyl sites for hydroxylation is 2. The van der Waals surface area contributed by atoms with E-state index in [4.69, 9.17) is 0 Å². The lowest BCUT2D eigenvalue weighted by molar-refractivity contribution is 1.25. The lowest BCUT2D eigenvalue weighted by Gasteiger charge is -2.11. The van der Waals surface area contributed by atoms with E-state index in [0.29, 0.717) is 0 Å². The summed E-state index contributed by atoms with van der Waals surface area (Å²) in [6, 6.07) is 45.1. The van der Waals surface area contributed by atoms with Crippen LogP contribution in [-0.4, -0.2) is 0 Å². The Morgan fingerprint density at radius 2 is 0.706 bits per heavy atom. The molecule has 0 nitrogen and oxygen atoms in total. The first-order valence-corrected chi connectivity index (χ1v) is 21.9. The molecule has 0 aliphatic heterocycles. The number of benzene rings is 2. The number of hydrogen-bond donors (Lipinski definition) is 0. The van der Waals surface area contributed by atoms with Crippen molar-refractivity contribution in [1.29, 1.82) is 0 Å². The van der Waals surface area contributed by atoms with Crippen LogP contribution in [0.15, 0.2) is 165 Å². The summed E-state index contributed by atoms with van der Waals surface area (Å²) in [6.45, 7) is 4.32. The molecule has 0 N–H and O–H groups in total. The van der Waals surface area contributed by atoms with Crippen LogP contribution in [-0.2, 0) is 0 Å². The zero-order valence-electron chi connectivity index (χ0n) is 27.9. The lowest BCUT2D eigenvalue weighted by Crippen LogP contribution is -2.02. The first-order valence-electron chi connectivity index (χ1n) is 16.7. The molecule has 6 heterocycles. The van der Waals surface area contributed by atoms with Crippen molar-refractivity contribution in [1.82, 2.24) is 0 Å². The third-order valence-corrected chi connectivity index (χ3v) is 14.6. The number of rotatable bonds is 9. The summed E-state index contributed by atoms with van der Waals surface area (Å²) < 4.78 is 0. The number of thiophene rings is 6. The van der Waals surface area contributed by atoms with Crippen LogP contribution < -0.4 is 0 Å². The predicted octanol–water partition coefficient (Wildman–Crippen LogP) is 14.5. The molecule has 0 spiro atoms. The zero-order valence-corrected chi connectivity index (χ0v) is 32.8. The van der Waals surface area contributed by atoms with Gasteiger partial charge in [-0.05, 0) is 137 Å². The van der Waals surface area contributed by atoms with E-state index in [0.717, 1.165) is 0 Å². The molecule has 0 saturated heterocycles. The van der Waals surface area contributed by atoms with Crippen molar-refractivity contribution in [3.05, 3.63) is 227 Å². The van der Waals surface area contributed by atoms with Gasteiger partial charge in [-0.2, -0.15) is 0 Å². The second-order valence-electron chi connectivity index (χ2n) is 12.4. The van der Waals surface area contributed by atoms with E-state index >= 15 is 0 Å². The molecule has 1 saturated carbocycles. The van der Waals surface area contributed by atoms with Crippen molar-refractivity contribution < 1.29 is 0 Å². The minimum Gasteiger partial charge on any atom is -0.144 e. The fraction of sp³-hybridized carbons (Fsp3) is 0.0444. The van der Waals surface area contributed by atoms with Crippen LogP contribution in [0.3, 0.4) is 0 Å². The standard InChI is InChI=1S/C45H31S6/c1-28-13-17-30(18-14-28)39(31-19-15-29(2)16-20-31)37-21-22-38(51-37)42(36-12-7-27-50-36)45-43(40(32-8-3-23-46-32)33-9-4-24-47-33)44(45)41(34-10-5-25-48-34)35-11-6-26-49-35/h3-27H,1-2H3/q+1. The molecular formula is C45H31S6+. The van der Waals surface area contributed by atoms with Gasteiger partial charge in [-0.3, -0.25) is 0 Å². The van der Waals surface area contributed by atoms with Crippen molar-refractivity contribution in [3.63, 3.8) is 0 Å². The molecular weight excluding hydrogens is 733 g/mol. The lowest BCUT2D eigenvalue weighted by atomic mass is 9.89. The minimum absolute atomic E-state index is 1.24. The van der Waals surface area contributed by atoms with E-state index in [1.807, 2.05) is 68.0 Å². The maximum Gasteiger partial charge on any atom is 0.0919 e. The molecule has 8 aromatic rings. The fourth-order valence-electron chi connectivity index (χ4n) is 6.64. The van der Waals surface area contributed by atoms with Crippen molar-refractivity contribution in [2.75, 3.05) is 0 Å². The third-order valence-electron chi connectivity index (χ3n) is 9.05. The molecule has 0 unspecified atom stereocenters. The van der Waals surface area contributed by atoms with Gasteiger partial charge < -0.3 is 0 Å². The van der Waals surface area contributed by atoms with Gasteiger partial charge in [0.15, 0.2) is 0 Å². The van der Waals surface area contributed by atoms with Crippen molar-refractivity contribution in [3.8, 4) is 0 Å². The van der Waals surface area contributed by atoms with Crippen LogP contribution in [0, 0.1) is 19.8 Å². The highest BCUT2D eigenvalue weighted by Crippen LogP contribution is 2.61. The highest BCUT2D eigenvalue weighted by Gasteiger charge is 2.43. The molecule has 246 valence electrons. The van der Waals surface area contributed by atoms with Gasteiger partial charge >= 0.3 is 0 Å². The molecule has 0 bridgehead atoms. The second kappa shape index (κ2) is 14.0. The molecule has 1 aliphatic carbocycles. The molecule has 1 aliphatic rings. The van der Waals surface area contributed by atoms with Crippen LogP contribution in [0.2, 0.25) is 0 Å². The Labute approximate surface area is 323 Å².